The molecule has 0 aliphatic heterocycles. The molecule has 2 nitrogen and oxygen atoms in total. The van der Waals surface area contributed by atoms with Crippen LogP contribution in [0.15, 0.2) is 6.20 Å². The van der Waals surface area contributed by atoms with Crippen molar-refractivity contribution in [2.24, 2.45) is 0 Å². The number of ketones is 1. The predicted molar refractivity (Wildman–Crippen MR) is 62.3 cm³/mol. The van der Waals surface area contributed by atoms with Gasteiger partial charge in [0.2, 0.25) is 0 Å². The van der Waals surface area contributed by atoms with Crippen LogP contribution < -0.4 is 0 Å². The number of aromatic nitrogens is 1. The van der Waals surface area contributed by atoms with E-state index in [-0.39, 0.29) is 5.78 Å². The van der Waals surface area contributed by atoms with Crippen LogP contribution in [0.5, 0.6) is 0 Å². The third-order valence-corrected chi connectivity index (χ3v) is 2.92. The minimum Gasteiger partial charge on any atom is -0.292 e. The lowest BCUT2D eigenvalue weighted by Gasteiger charge is -2.08. The molecule has 0 spiro atoms. The molecular formula is C13H19NO. The lowest BCUT2D eigenvalue weighted by Crippen LogP contribution is -2.07. The molecule has 15 heavy (non-hydrogen) atoms. The van der Waals surface area contributed by atoms with Gasteiger partial charge in [-0.1, -0.05) is 13.3 Å². The first-order chi connectivity index (χ1) is 7.07. The zero-order valence-electron chi connectivity index (χ0n) is 10.1. The van der Waals surface area contributed by atoms with Crippen molar-refractivity contribution >= 4 is 5.78 Å². The zero-order chi connectivity index (χ0) is 11.4. The Balaban J connectivity index is 2.95. The SMILES string of the molecule is CCCCC(=O)c1ncc(C)c(C)c1C. The first-order valence-electron chi connectivity index (χ1n) is 5.54. The molecule has 0 aliphatic rings. The summed E-state index contributed by atoms with van der Waals surface area (Å²) in [4.78, 5) is 16.1. The van der Waals surface area contributed by atoms with E-state index < -0.39 is 0 Å². The summed E-state index contributed by atoms with van der Waals surface area (Å²) in [6.45, 7) is 8.14. The van der Waals surface area contributed by atoms with E-state index in [2.05, 4.69) is 11.9 Å². The highest BCUT2D eigenvalue weighted by Crippen LogP contribution is 2.16. The van der Waals surface area contributed by atoms with E-state index in [9.17, 15) is 4.79 Å². The van der Waals surface area contributed by atoms with Crippen molar-refractivity contribution in [3.63, 3.8) is 0 Å². The van der Waals surface area contributed by atoms with Crippen LogP contribution in [0, 0.1) is 20.8 Å². The highest BCUT2D eigenvalue weighted by Gasteiger charge is 2.12. The summed E-state index contributed by atoms with van der Waals surface area (Å²) >= 11 is 0. The fraction of sp³-hybridized carbons (Fsp3) is 0.538. The van der Waals surface area contributed by atoms with E-state index in [1.54, 1.807) is 6.20 Å². The first-order valence-corrected chi connectivity index (χ1v) is 5.54. The summed E-state index contributed by atoms with van der Waals surface area (Å²) in [5.74, 6) is 0.178. The molecule has 0 N–H and O–H groups in total. The van der Waals surface area contributed by atoms with E-state index in [0.29, 0.717) is 12.1 Å². The number of Topliss-reactive ketones (excluding diaryl/α,β-unsaturated/α-hetero) is 1. The largest absolute Gasteiger partial charge is 0.292 e. The van der Waals surface area contributed by atoms with Crippen molar-refractivity contribution in [2.45, 2.75) is 47.0 Å². The molecule has 0 saturated carbocycles. The van der Waals surface area contributed by atoms with Crippen LogP contribution in [0.2, 0.25) is 0 Å². The number of aryl methyl sites for hydroxylation is 1. The number of pyridine rings is 1. The Morgan fingerprint density at radius 2 is 1.93 bits per heavy atom. The van der Waals surface area contributed by atoms with Crippen molar-refractivity contribution in [3.05, 3.63) is 28.6 Å². The molecule has 0 bridgehead atoms. The monoisotopic (exact) mass is 205 g/mol. The third-order valence-electron chi connectivity index (χ3n) is 2.92. The van der Waals surface area contributed by atoms with E-state index in [0.717, 1.165) is 24.0 Å². The zero-order valence-corrected chi connectivity index (χ0v) is 10.1. The average molecular weight is 205 g/mol. The Morgan fingerprint density at radius 1 is 1.27 bits per heavy atom. The lowest BCUT2D eigenvalue weighted by molar-refractivity contribution is 0.0974. The van der Waals surface area contributed by atoms with E-state index >= 15 is 0 Å². The molecule has 1 aromatic heterocycles. The summed E-state index contributed by atoms with van der Waals surface area (Å²) < 4.78 is 0. The number of hydrogen-bond donors (Lipinski definition) is 0. The van der Waals surface area contributed by atoms with Gasteiger partial charge < -0.3 is 0 Å². The quantitative estimate of drug-likeness (QED) is 0.705. The molecule has 2 heteroatoms. The van der Waals surface area contributed by atoms with Gasteiger partial charge in [-0.3, -0.25) is 9.78 Å². The van der Waals surface area contributed by atoms with Gasteiger partial charge in [-0.15, -0.1) is 0 Å². The number of rotatable bonds is 4. The molecule has 1 aromatic rings. The van der Waals surface area contributed by atoms with Gasteiger partial charge in [0, 0.05) is 12.6 Å². The normalized spacial score (nSPS) is 10.4. The summed E-state index contributed by atoms with van der Waals surface area (Å²) in [7, 11) is 0. The highest BCUT2D eigenvalue weighted by atomic mass is 16.1. The van der Waals surface area contributed by atoms with Gasteiger partial charge in [-0.05, 0) is 43.9 Å². The van der Waals surface area contributed by atoms with Crippen molar-refractivity contribution in [1.82, 2.24) is 4.98 Å². The molecule has 0 fully saturated rings. The van der Waals surface area contributed by atoms with Crippen molar-refractivity contribution in [3.8, 4) is 0 Å². The second kappa shape index (κ2) is 5.06. The Hall–Kier alpha value is -1.18. The number of nitrogens with zero attached hydrogens (tertiary/aromatic N) is 1. The maximum absolute atomic E-state index is 11.8. The highest BCUT2D eigenvalue weighted by molar-refractivity contribution is 5.95. The van der Waals surface area contributed by atoms with Gasteiger partial charge in [0.15, 0.2) is 5.78 Å². The predicted octanol–water partition coefficient (Wildman–Crippen LogP) is 3.38. The minimum absolute atomic E-state index is 0.178. The summed E-state index contributed by atoms with van der Waals surface area (Å²) in [5, 5.41) is 0. The third kappa shape index (κ3) is 2.65. The van der Waals surface area contributed by atoms with Crippen LogP contribution >= 0.6 is 0 Å². The Kier molecular flexibility index (Phi) is 4.01. The van der Waals surface area contributed by atoms with Gasteiger partial charge in [0.05, 0.1) is 0 Å². The average Bonchev–Trinajstić information content (AvgIpc) is 2.23. The molecule has 0 amide bonds. The second-order valence-corrected chi connectivity index (χ2v) is 4.07. The molecule has 0 saturated heterocycles. The van der Waals surface area contributed by atoms with Crippen LogP contribution in [0.1, 0.15) is 53.4 Å². The van der Waals surface area contributed by atoms with Crippen LogP contribution in [0.25, 0.3) is 0 Å². The molecule has 0 atom stereocenters. The first kappa shape index (κ1) is 11.9. The van der Waals surface area contributed by atoms with Crippen molar-refractivity contribution in [1.29, 1.82) is 0 Å². The smallest absolute Gasteiger partial charge is 0.181 e. The van der Waals surface area contributed by atoms with E-state index in [1.807, 2.05) is 20.8 Å². The van der Waals surface area contributed by atoms with Gasteiger partial charge in [0.25, 0.3) is 0 Å². The van der Waals surface area contributed by atoms with E-state index in [1.165, 1.54) is 5.56 Å². The summed E-state index contributed by atoms with van der Waals surface area (Å²) in [5.41, 5.74) is 4.03. The van der Waals surface area contributed by atoms with Crippen molar-refractivity contribution in [2.75, 3.05) is 0 Å². The number of unbranched alkanes of at least 4 members (excludes halogenated alkanes) is 1. The van der Waals surface area contributed by atoms with Gasteiger partial charge in [0.1, 0.15) is 5.69 Å². The van der Waals surface area contributed by atoms with Crippen LogP contribution in [-0.4, -0.2) is 10.8 Å². The molecule has 82 valence electrons. The Bertz CT molecular complexity index is 369. The van der Waals surface area contributed by atoms with Crippen LogP contribution in [0.3, 0.4) is 0 Å². The molecule has 0 radical (unpaired) electrons. The summed E-state index contributed by atoms with van der Waals surface area (Å²) in [6, 6.07) is 0. The van der Waals surface area contributed by atoms with Gasteiger partial charge in [-0.25, -0.2) is 0 Å². The van der Waals surface area contributed by atoms with Gasteiger partial charge >= 0.3 is 0 Å². The second-order valence-electron chi connectivity index (χ2n) is 4.07. The maximum atomic E-state index is 11.8. The van der Waals surface area contributed by atoms with Crippen molar-refractivity contribution < 1.29 is 4.79 Å². The van der Waals surface area contributed by atoms with Crippen LogP contribution in [-0.2, 0) is 0 Å². The van der Waals surface area contributed by atoms with Gasteiger partial charge in [-0.2, -0.15) is 0 Å². The fourth-order valence-electron chi connectivity index (χ4n) is 1.57. The number of hydrogen-bond acceptors (Lipinski definition) is 2. The van der Waals surface area contributed by atoms with Crippen LogP contribution in [0.4, 0.5) is 0 Å². The molecule has 0 aliphatic carbocycles. The molecular weight excluding hydrogens is 186 g/mol. The molecule has 1 heterocycles. The maximum Gasteiger partial charge on any atom is 0.181 e. The number of carbonyl (C=O) groups is 1. The fourth-order valence-corrected chi connectivity index (χ4v) is 1.57. The Labute approximate surface area is 91.7 Å². The topological polar surface area (TPSA) is 30.0 Å². The Morgan fingerprint density at radius 3 is 2.53 bits per heavy atom. The minimum atomic E-state index is 0.178. The summed E-state index contributed by atoms with van der Waals surface area (Å²) in [6.07, 6.45) is 4.41. The van der Waals surface area contributed by atoms with E-state index in [4.69, 9.17) is 0 Å². The molecule has 1 rings (SSSR count). The molecule has 0 aromatic carbocycles. The standard InChI is InChI=1S/C13H19NO/c1-5-6-7-12(15)13-11(4)10(3)9(2)8-14-13/h8H,5-7H2,1-4H3. The lowest BCUT2D eigenvalue weighted by atomic mass is 10.0. The molecule has 0 unspecified atom stereocenters. The number of carbonyl (C=O) groups excluding carboxylic acids is 1.